The largest absolute Gasteiger partial charge is 1.00 e. The Hall–Kier alpha value is 1.03. The van der Waals surface area contributed by atoms with E-state index in [2.05, 4.69) is 4.98 Å². The zero-order valence-electron chi connectivity index (χ0n) is 7.41. The van der Waals surface area contributed by atoms with E-state index >= 15 is 0 Å². The smallest absolute Gasteiger partial charge is 0.550 e. The number of nitrogens with zero attached hydrogens (tertiary/aromatic N) is 1. The summed E-state index contributed by atoms with van der Waals surface area (Å²) in [5, 5.41) is 10.4. The van der Waals surface area contributed by atoms with E-state index in [9.17, 15) is 9.90 Å². The van der Waals surface area contributed by atoms with Crippen molar-refractivity contribution < 1.29 is 82.4 Å². The van der Waals surface area contributed by atoms with Crippen molar-refractivity contribution in [1.29, 1.82) is 0 Å². The van der Waals surface area contributed by atoms with Crippen LogP contribution in [0.2, 0.25) is 5.02 Å². The van der Waals surface area contributed by atoms with Crippen molar-refractivity contribution in [1.82, 2.24) is 4.98 Å². The van der Waals surface area contributed by atoms with Gasteiger partial charge in [0.15, 0.2) is 0 Å². The first-order valence-corrected chi connectivity index (χ1v) is 3.54. The van der Waals surface area contributed by atoms with Gasteiger partial charge in [-0.05, 0) is 11.8 Å². The third-order valence-corrected chi connectivity index (χ3v) is 1.57. The van der Waals surface area contributed by atoms with Crippen molar-refractivity contribution in [2.75, 3.05) is 0 Å². The molecule has 0 aliphatic carbocycles. The Bertz CT molecular complexity index is 325. The average molecular weight is 408 g/mol. The maximum absolute atomic E-state index is 10.2. The van der Waals surface area contributed by atoms with Crippen LogP contribution in [0.1, 0.15) is 5.69 Å². The van der Waals surface area contributed by atoms with Gasteiger partial charge in [0.1, 0.15) is 0 Å². The molecule has 0 spiro atoms. The van der Waals surface area contributed by atoms with E-state index < -0.39 is 5.97 Å². The molecule has 1 N–H and O–H groups in total. The maximum atomic E-state index is 10.2. The van der Waals surface area contributed by atoms with Gasteiger partial charge in [-0.3, -0.25) is 0 Å². The number of aliphatic carboxylic acids is 1. The van der Waals surface area contributed by atoms with Gasteiger partial charge in [0.25, 0.3) is 0 Å². The summed E-state index contributed by atoms with van der Waals surface area (Å²) in [4.78, 5) is 13.8. The SMILES string of the molecule is [K+].[NH-]c1ccc(Cl)c(CC(=O)[O-])n1.[W]. The van der Waals surface area contributed by atoms with Gasteiger partial charge in [-0.25, -0.2) is 0 Å². The summed E-state index contributed by atoms with van der Waals surface area (Å²) >= 11 is 5.60. The molecule has 4 nitrogen and oxygen atoms in total. The van der Waals surface area contributed by atoms with Crippen molar-refractivity contribution in [2.24, 2.45) is 0 Å². The van der Waals surface area contributed by atoms with E-state index in [0.717, 1.165) is 0 Å². The molecule has 1 aromatic rings. The molecule has 70 valence electrons. The summed E-state index contributed by atoms with van der Waals surface area (Å²) in [7, 11) is 0. The molecule has 0 amide bonds. The van der Waals surface area contributed by atoms with Crippen LogP contribution in [0.4, 0.5) is 5.82 Å². The second-order valence-electron chi connectivity index (χ2n) is 2.17. The Morgan fingerprint density at radius 3 is 2.64 bits per heavy atom. The summed E-state index contributed by atoms with van der Waals surface area (Å²) in [5.41, 5.74) is 7.26. The summed E-state index contributed by atoms with van der Waals surface area (Å²) in [6.07, 6.45) is -0.356. The second-order valence-corrected chi connectivity index (χ2v) is 2.58. The van der Waals surface area contributed by atoms with Crippen molar-refractivity contribution in [2.45, 2.75) is 6.42 Å². The molecule has 0 radical (unpaired) electrons. The molecule has 1 rings (SSSR count). The Kier molecular flexibility index (Phi) is 10.2. The molecule has 14 heavy (non-hydrogen) atoms. The van der Waals surface area contributed by atoms with Crippen molar-refractivity contribution >= 4 is 23.4 Å². The number of pyridine rings is 1. The van der Waals surface area contributed by atoms with Gasteiger partial charge in [-0.1, -0.05) is 23.5 Å². The monoisotopic (exact) mass is 407 g/mol. The summed E-state index contributed by atoms with van der Waals surface area (Å²) in [6, 6.07) is 2.83. The van der Waals surface area contributed by atoms with Gasteiger partial charge in [0, 0.05) is 38.5 Å². The first-order chi connectivity index (χ1) is 5.59. The van der Waals surface area contributed by atoms with Crippen LogP contribution in [0, 0.1) is 0 Å². The predicted octanol–water partition coefficient (Wildman–Crippen LogP) is -2.29. The molecule has 1 heterocycles. The van der Waals surface area contributed by atoms with Crippen LogP contribution < -0.4 is 56.5 Å². The summed E-state index contributed by atoms with van der Waals surface area (Å²) in [5.74, 6) is -1.26. The van der Waals surface area contributed by atoms with E-state index in [-0.39, 0.29) is 95.4 Å². The molecule has 0 aliphatic rings. The molecule has 0 atom stereocenters. The molecule has 0 aromatic carbocycles. The summed E-state index contributed by atoms with van der Waals surface area (Å²) < 4.78 is 0. The molecule has 0 unspecified atom stereocenters. The van der Waals surface area contributed by atoms with Crippen LogP contribution in [0.5, 0.6) is 0 Å². The molecular weight excluding hydrogens is 402 g/mol. The molecule has 1 aromatic heterocycles. The fraction of sp³-hybridized carbons (Fsp3) is 0.143. The van der Waals surface area contributed by atoms with Crippen LogP contribution in [0.15, 0.2) is 12.1 Å². The molecule has 0 bridgehead atoms. The molecule has 0 fully saturated rings. The average Bonchev–Trinajstić information content (AvgIpc) is 1.96. The number of rotatable bonds is 2. The first-order valence-electron chi connectivity index (χ1n) is 3.16. The Labute approximate surface area is 143 Å². The van der Waals surface area contributed by atoms with E-state index in [1.165, 1.54) is 12.1 Å². The topological polar surface area (TPSA) is 76.8 Å². The number of carbonyl (C=O) groups is 1. The fourth-order valence-corrected chi connectivity index (χ4v) is 0.917. The maximum Gasteiger partial charge on any atom is 1.00 e. The zero-order chi connectivity index (χ0) is 9.14. The minimum atomic E-state index is -1.25. The van der Waals surface area contributed by atoms with E-state index in [0.29, 0.717) is 0 Å². The predicted molar refractivity (Wildman–Crippen MR) is 41.9 cm³/mol. The Morgan fingerprint density at radius 1 is 1.57 bits per heavy atom. The van der Waals surface area contributed by atoms with Gasteiger partial charge >= 0.3 is 51.4 Å². The molecular formula is C7H5ClKN2O2W-. The third-order valence-electron chi connectivity index (χ3n) is 1.23. The van der Waals surface area contributed by atoms with Crippen molar-refractivity contribution in [3.05, 3.63) is 28.6 Å². The van der Waals surface area contributed by atoms with Gasteiger partial charge in [-0.2, -0.15) is 0 Å². The number of carbonyl (C=O) groups excluding carboxylic acids is 1. The summed E-state index contributed by atoms with van der Waals surface area (Å²) in [6.45, 7) is 0. The molecule has 0 saturated heterocycles. The number of carboxylic acid groups (broad SMARTS) is 1. The number of halogens is 1. The normalized spacial score (nSPS) is 8.36. The number of hydrogen-bond acceptors (Lipinski definition) is 3. The van der Waals surface area contributed by atoms with Crippen LogP contribution in [-0.4, -0.2) is 11.0 Å². The molecule has 7 heteroatoms. The molecule has 0 aliphatic heterocycles. The van der Waals surface area contributed by atoms with Crippen molar-refractivity contribution in [3.63, 3.8) is 0 Å². The van der Waals surface area contributed by atoms with Crippen LogP contribution >= 0.6 is 11.6 Å². The van der Waals surface area contributed by atoms with Crippen LogP contribution in [0.25, 0.3) is 5.73 Å². The second kappa shape index (κ2) is 8.22. The minimum absolute atomic E-state index is 0. The van der Waals surface area contributed by atoms with Crippen LogP contribution in [0.3, 0.4) is 0 Å². The van der Waals surface area contributed by atoms with E-state index in [4.69, 9.17) is 17.3 Å². The number of aromatic nitrogens is 1. The number of nitrogens with one attached hydrogen (secondary N) is 1. The van der Waals surface area contributed by atoms with Crippen LogP contribution in [-0.2, 0) is 32.3 Å². The van der Waals surface area contributed by atoms with Gasteiger partial charge in [0.05, 0.1) is 0 Å². The standard InChI is InChI=1S/C7H7ClN2O2.K.W/c8-4-1-2-6(9)10-5(4)3-7(11)12;;/h1-2H,3H2,(H3,9,10,11,12);;/q;+1;/p-2. The van der Waals surface area contributed by atoms with Crippen molar-refractivity contribution in [3.8, 4) is 0 Å². The van der Waals surface area contributed by atoms with Gasteiger partial charge in [-0.15, -0.1) is 0 Å². The van der Waals surface area contributed by atoms with E-state index in [1.54, 1.807) is 0 Å². The third kappa shape index (κ3) is 5.80. The number of hydrogen-bond donors (Lipinski definition) is 0. The number of carboxylic acids is 1. The fourth-order valence-electron chi connectivity index (χ4n) is 0.745. The first kappa shape index (κ1) is 17.4. The van der Waals surface area contributed by atoms with Gasteiger partial charge in [0.2, 0.25) is 0 Å². The Balaban J connectivity index is 0. The minimum Gasteiger partial charge on any atom is -0.550 e. The molecule has 0 saturated carbocycles. The van der Waals surface area contributed by atoms with E-state index in [1.807, 2.05) is 0 Å². The Morgan fingerprint density at radius 2 is 2.14 bits per heavy atom. The van der Waals surface area contributed by atoms with Gasteiger partial charge < -0.3 is 20.6 Å². The zero-order valence-corrected chi connectivity index (χ0v) is 14.2. The quantitative estimate of drug-likeness (QED) is 0.518.